The van der Waals surface area contributed by atoms with Gasteiger partial charge in [-0.05, 0) is 92.3 Å². The highest BCUT2D eigenvalue weighted by Gasteiger charge is 2.61. The zero-order valence-electron chi connectivity index (χ0n) is 19.1. The number of ether oxygens (including phenoxy) is 2. The molecule has 0 heterocycles. The second kappa shape index (κ2) is 7.94. The van der Waals surface area contributed by atoms with Crippen molar-refractivity contribution in [3.05, 3.63) is 0 Å². The molecular formula is C25H38O5. The second-order valence-electron chi connectivity index (χ2n) is 11.1. The quantitative estimate of drug-likeness (QED) is 0.619. The van der Waals surface area contributed by atoms with E-state index in [2.05, 4.69) is 13.8 Å². The van der Waals surface area contributed by atoms with Crippen LogP contribution < -0.4 is 0 Å². The Morgan fingerprint density at radius 3 is 2.23 bits per heavy atom. The summed E-state index contributed by atoms with van der Waals surface area (Å²) < 4.78 is 10.6. The van der Waals surface area contributed by atoms with Crippen LogP contribution in [0.2, 0.25) is 0 Å². The van der Waals surface area contributed by atoms with Gasteiger partial charge in [-0.25, -0.2) is 0 Å². The van der Waals surface area contributed by atoms with E-state index in [-0.39, 0.29) is 41.8 Å². The molecule has 4 fully saturated rings. The monoisotopic (exact) mass is 418 g/mol. The van der Waals surface area contributed by atoms with E-state index in [4.69, 9.17) is 9.47 Å². The molecule has 0 spiro atoms. The number of Topliss-reactive ketones (excluding diaryl/α,β-unsaturated/α-hetero) is 1. The standard InChI is InChI=1S/C25H38O5/c1-15(26)29-14-23(28)22-8-7-20-19-6-5-17-13-18(30-16(2)27)9-11-24(17,3)21(19)10-12-25(20,22)4/h17-22H,5-14H2,1-4H3/t17-,18?,19?,20?,21?,22?,24?,25?/m0/s1. The first-order chi connectivity index (χ1) is 14.1. The first-order valence-electron chi connectivity index (χ1n) is 12.0. The number of hydrogen-bond donors (Lipinski definition) is 0. The highest BCUT2D eigenvalue weighted by molar-refractivity contribution is 5.85. The SMILES string of the molecule is CC(=O)OCC(=O)C1CCC2C3CC[C@H]4CC(OC(C)=O)CCC4(C)C3CCC12C. The maximum atomic E-state index is 12.9. The van der Waals surface area contributed by atoms with Crippen molar-refractivity contribution in [1.82, 2.24) is 0 Å². The molecule has 8 atom stereocenters. The van der Waals surface area contributed by atoms with Crippen LogP contribution in [0.3, 0.4) is 0 Å². The van der Waals surface area contributed by atoms with Crippen LogP contribution in [0.4, 0.5) is 0 Å². The maximum Gasteiger partial charge on any atom is 0.303 e. The van der Waals surface area contributed by atoms with Gasteiger partial charge < -0.3 is 9.47 Å². The Morgan fingerprint density at radius 1 is 0.833 bits per heavy atom. The second-order valence-corrected chi connectivity index (χ2v) is 11.1. The molecule has 4 rings (SSSR count). The Balaban J connectivity index is 1.48. The van der Waals surface area contributed by atoms with Gasteiger partial charge >= 0.3 is 11.9 Å². The van der Waals surface area contributed by atoms with Crippen LogP contribution in [-0.4, -0.2) is 30.4 Å². The van der Waals surface area contributed by atoms with Crippen LogP contribution in [0.25, 0.3) is 0 Å². The molecule has 5 heteroatoms. The zero-order valence-corrected chi connectivity index (χ0v) is 19.1. The molecule has 0 N–H and O–H groups in total. The predicted octanol–water partition coefficient (Wildman–Crippen LogP) is 4.71. The van der Waals surface area contributed by atoms with E-state index in [1.165, 1.54) is 33.1 Å². The van der Waals surface area contributed by atoms with E-state index in [9.17, 15) is 14.4 Å². The molecule has 0 aromatic heterocycles. The minimum Gasteiger partial charge on any atom is -0.463 e. The Bertz CT molecular complexity index is 716. The molecule has 0 bridgehead atoms. The number of rotatable bonds is 4. The first kappa shape index (κ1) is 21.8. The van der Waals surface area contributed by atoms with Crippen molar-refractivity contribution < 1.29 is 23.9 Å². The van der Waals surface area contributed by atoms with Gasteiger partial charge in [-0.2, -0.15) is 0 Å². The molecule has 168 valence electrons. The maximum absolute atomic E-state index is 12.9. The van der Waals surface area contributed by atoms with Gasteiger partial charge in [-0.15, -0.1) is 0 Å². The third kappa shape index (κ3) is 3.60. The minimum absolute atomic E-state index is 0.0352. The predicted molar refractivity (Wildman–Crippen MR) is 112 cm³/mol. The smallest absolute Gasteiger partial charge is 0.303 e. The molecule has 5 nitrogen and oxygen atoms in total. The number of fused-ring (bicyclic) bond motifs is 5. The Morgan fingerprint density at radius 2 is 1.53 bits per heavy atom. The molecule has 0 aromatic carbocycles. The third-order valence-electron chi connectivity index (χ3n) is 9.76. The largest absolute Gasteiger partial charge is 0.463 e. The summed E-state index contributed by atoms with van der Waals surface area (Å²) in [4.78, 5) is 35.5. The lowest BCUT2D eigenvalue weighted by Gasteiger charge is -2.61. The van der Waals surface area contributed by atoms with E-state index in [1.54, 1.807) is 0 Å². The summed E-state index contributed by atoms with van der Waals surface area (Å²) in [5.41, 5.74) is 0.386. The van der Waals surface area contributed by atoms with Crippen LogP contribution in [0.1, 0.15) is 85.5 Å². The molecule has 4 aliphatic rings. The lowest BCUT2D eigenvalue weighted by molar-refractivity contribution is -0.161. The van der Waals surface area contributed by atoms with Gasteiger partial charge in [0, 0.05) is 19.8 Å². The first-order valence-corrected chi connectivity index (χ1v) is 12.0. The van der Waals surface area contributed by atoms with Crippen molar-refractivity contribution in [2.75, 3.05) is 6.61 Å². The van der Waals surface area contributed by atoms with Crippen molar-refractivity contribution in [2.24, 2.45) is 40.4 Å². The van der Waals surface area contributed by atoms with E-state index < -0.39 is 0 Å². The summed E-state index contributed by atoms with van der Waals surface area (Å²) >= 11 is 0. The summed E-state index contributed by atoms with van der Waals surface area (Å²) in [6.45, 7) is 7.66. The fourth-order valence-electron chi connectivity index (χ4n) is 8.36. The molecule has 0 saturated heterocycles. The average Bonchev–Trinajstić information content (AvgIpc) is 3.03. The normalized spacial score (nSPS) is 44.9. The molecule has 4 aliphatic carbocycles. The number of carbonyl (C=O) groups excluding carboxylic acids is 3. The van der Waals surface area contributed by atoms with Gasteiger partial charge in [0.1, 0.15) is 12.7 Å². The lowest BCUT2D eigenvalue weighted by Crippen LogP contribution is -2.54. The fraction of sp³-hybridized carbons (Fsp3) is 0.880. The van der Waals surface area contributed by atoms with Gasteiger partial charge in [-0.1, -0.05) is 13.8 Å². The van der Waals surface area contributed by atoms with Crippen LogP contribution in [-0.2, 0) is 23.9 Å². The van der Waals surface area contributed by atoms with Crippen LogP contribution >= 0.6 is 0 Å². The highest BCUT2D eigenvalue weighted by atomic mass is 16.5. The lowest BCUT2D eigenvalue weighted by atomic mass is 9.44. The summed E-state index contributed by atoms with van der Waals surface area (Å²) in [5.74, 6) is 2.29. The number of esters is 2. The van der Waals surface area contributed by atoms with E-state index in [0.29, 0.717) is 23.2 Å². The van der Waals surface area contributed by atoms with Gasteiger partial charge in [0.15, 0.2) is 5.78 Å². The number of carbonyl (C=O) groups is 3. The van der Waals surface area contributed by atoms with Crippen molar-refractivity contribution in [3.63, 3.8) is 0 Å². The van der Waals surface area contributed by atoms with E-state index in [1.807, 2.05) is 0 Å². The summed E-state index contributed by atoms with van der Waals surface area (Å²) in [6, 6.07) is 0. The van der Waals surface area contributed by atoms with Gasteiger partial charge in [0.2, 0.25) is 0 Å². The Kier molecular flexibility index (Phi) is 5.78. The highest BCUT2D eigenvalue weighted by Crippen LogP contribution is 2.67. The molecule has 7 unspecified atom stereocenters. The van der Waals surface area contributed by atoms with Crippen molar-refractivity contribution in [2.45, 2.75) is 91.6 Å². The fourth-order valence-corrected chi connectivity index (χ4v) is 8.36. The van der Waals surface area contributed by atoms with E-state index >= 15 is 0 Å². The molecule has 4 saturated carbocycles. The van der Waals surface area contributed by atoms with E-state index in [0.717, 1.165) is 44.4 Å². The summed E-state index contributed by atoms with van der Waals surface area (Å²) in [6.07, 6.45) is 10.1. The van der Waals surface area contributed by atoms with Gasteiger partial charge in [-0.3, -0.25) is 14.4 Å². The van der Waals surface area contributed by atoms with Gasteiger partial charge in [0.05, 0.1) is 0 Å². The average molecular weight is 419 g/mol. The van der Waals surface area contributed by atoms with Gasteiger partial charge in [0.25, 0.3) is 0 Å². The summed E-state index contributed by atoms with van der Waals surface area (Å²) in [7, 11) is 0. The number of hydrogen-bond acceptors (Lipinski definition) is 5. The van der Waals surface area contributed by atoms with Crippen LogP contribution in [0, 0.1) is 40.4 Å². The third-order valence-corrected chi connectivity index (χ3v) is 9.76. The molecule has 30 heavy (non-hydrogen) atoms. The minimum atomic E-state index is -0.373. The topological polar surface area (TPSA) is 69.7 Å². The molecule has 0 amide bonds. The molecule has 0 aromatic rings. The van der Waals surface area contributed by atoms with Crippen molar-refractivity contribution >= 4 is 17.7 Å². The Labute approximate surface area is 180 Å². The zero-order chi connectivity index (χ0) is 21.7. The van der Waals surface area contributed by atoms with Crippen molar-refractivity contribution in [1.29, 1.82) is 0 Å². The summed E-state index contributed by atoms with van der Waals surface area (Å²) in [5, 5.41) is 0. The molecule has 0 aliphatic heterocycles. The Hall–Kier alpha value is -1.39. The molecular weight excluding hydrogens is 380 g/mol. The van der Waals surface area contributed by atoms with Crippen LogP contribution in [0.5, 0.6) is 0 Å². The van der Waals surface area contributed by atoms with Crippen LogP contribution in [0.15, 0.2) is 0 Å². The molecule has 0 radical (unpaired) electrons. The number of ketones is 1. The van der Waals surface area contributed by atoms with Crippen molar-refractivity contribution in [3.8, 4) is 0 Å².